The van der Waals surface area contributed by atoms with Crippen LogP contribution in [-0.2, 0) is 4.74 Å². The number of aromatic nitrogens is 2. The molecule has 2 rings (SSSR count). The highest BCUT2D eigenvalue weighted by atomic mass is 32.2. The summed E-state index contributed by atoms with van der Waals surface area (Å²) in [5, 5.41) is 9.32. The fourth-order valence-electron chi connectivity index (χ4n) is 2.03. The smallest absolute Gasteiger partial charge is 0.351 e. The maximum Gasteiger partial charge on any atom is 0.351 e. The van der Waals surface area contributed by atoms with Gasteiger partial charge in [-0.2, -0.15) is 4.98 Å². The Morgan fingerprint density at radius 1 is 1.50 bits per heavy atom. The number of aliphatic hydroxyl groups is 1. The van der Waals surface area contributed by atoms with Crippen LogP contribution in [0.4, 0.5) is 5.82 Å². The van der Waals surface area contributed by atoms with Crippen LogP contribution in [0, 0.1) is 0 Å². The molecule has 1 aromatic heterocycles. The molecule has 0 aliphatic carbocycles. The summed E-state index contributed by atoms with van der Waals surface area (Å²) in [4.78, 5) is 16.7. The van der Waals surface area contributed by atoms with Gasteiger partial charge in [0.15, 0.2) is 6.23 Å². The van der Waals surface area contributed by atoms with E-state index >= 15 is 0 Å². The molecule has 0 saturated heterocycles. The third-order valence-corrected chi connectivity index (χ3v) is 6.49. The van der Waals surface area contributed by atoms with E-state index < -0.39 is 20.0 Å². The number of anilines is 1. The summed E-state index contributed by atoms with van der Waals surface area (Å²) in [5.74, 6) is 1.17. The van der Waals surface area contributed by atoms with Gasteiger partial charge < -0.3 is 15.6 Å². The highest BCUT2D eigenvalue weighted by Crippen LogP contribution is 2.36. The molecule has 1 aromatic rings. The average molecular weight is 342 g/mol. The third kappa shape index (κ3) is 4.45. The minimum Gasteiger partial charge on any atom is -0.393 e. The van der Waals surface area contributed by atoms with Crippen LogP contribution in [0.5, 0.6) is 0 Å². The summed E-state index contributed by atoms with van der Waals surface area (Å²) in [6.07, 6.45) is 2.57. The fraction of sp³-hybridized carbons (Fsp3) is 0.571. The van der Waals surface area contributed by atoms with Gasteiger partial charge >= 0.3 is 5.69 Å². The molecule has 0 spiro atoms. The first kappa shape index (κ1) is 17.3. The van der Waals surface area contributed by atoms with Gasteiger partial charge in [-0.3, -0.25) is 4.57 Å². The summed E-state index contributed by atoms with van der Waals surface area (Å²) in [5.41, 5.74) is 5.08. The summed E-state index contributed by atoms with van der Waals surface area (Å²) >= 11 is 1.69. The number of nitrogen functional groups attached to an aromatic ring is 1. The van der Waals surface area contributed by atoms with Gasteiger partial charge in [0.25, 0.3) is 0 Å². The van der Waals surface area contributed by atoms with Crippen molar-refractivity contribution < 1.29 is 9.84 Å². The lowest BCUT2D eigenvalue weighted by Crippen LogP contribution is -2.29. The van der Waals surface area contributed by atoms with Gasteiger partial charge in [0.2, 0.25) is 0 Å². The molecule has 3 N–H and O–H groups in total. The predicted molar refractivity (Wildman–Crippen MR) is 92.6 cm³/mol. The maximum atomic E-state index is 12.0. The Labute approximate surface area is 135 Å². The molecular weight excluding hydrogens is 318 g/mol. The van der Waals surface area contributed by atoms with Gasteiger partial charge in [-0.25, -0.2) is 4.79 Å². The van der Waals surface area contributed by atoms with Crippen molar-refractivity contribution in [3.05, 3.63) is 33.7 Å². The molecule has 2 heterocycles. The molecule has 1 aliphatic heterocycles. The number of hydrogen-bond donors (Lipinski definition) is 2. The Kier molecular flexibility index (Phi) is 5.49. The zero-order valence-electron chi connectivity index (χ0n) is 13.2. The molecule has 1 aliphatic rings. The monoisotopic (exact) mass is 341 g/mol. The summed E-state index contributed by atoms with van der Waals surface area (Å²) in [7, 11) is -1.11. The first-order valence-corrected chi connectivity index (χ1v) is 11.9. The Bertz CT molecular complexity index is 612. The largest absolute Gasteiger partial charge is 0.393 e. The van der Waals surface area contributed by atoms with Crippen molar-refractivity contribution in [2.24, 2.45) is 0 Å². The molecule has 0 bridgehead atoms. The minimum absolute atomic E-state index is 0.105. The zero-order chi connectivity index (χ0) is 16.3. The van der Waals surface area contributed by atoms with Crippen molar-refractivity contribution >= 4 is 25.7 Å². The molecule has 6 nitrogen and oxygen atoms in total. The number of rotatable bonds is 6. The fourth-order valence-corrected chi connectivity index (χ4v) is 5.69. The van der Waals surface area contributed by atoms with Crippen LogP contribution in [0.2, 0.25) is 25.7 Å². The molecule has 0 radical (unpaired) electrons. The van der Waals surface area contributed by atoms with E-state index in [2.05, 4.69) is 24.6 Å². The van der Waals surface area contributed by atoms with E-state index in [0.29, 0.717) is 0 Å². The molecule has 122 valence electrons. The van der Waals surface area contributed by atoms with Crippen LogP contribution < -0.4 is 11.4 Å². The van der Waals surface area contributed by atoms with Crippen LogP contribution in [-0.4, -0.2) is 41.2 Å². The summed E-state index contributed by atoms with van der Waals surface area (Å²) < 4.78 is 7.16. The van der Waals surface area contributed by atoms with Gasteiger partial charge in [-0.05, 0) is 23.9 Å². The molecule has 0 fully saturated rings. The van der Waals surface area contributed by atoms with Gasteiger partial charge in [-0.15, -0.1) is 11.8 Å². The number of thioether (sulfide) groups is 1. The standard InChI is InChI=1S/C14H23N3O3SSi/c1-22(2,3)7-6-21-11-8-10(9-18)20-13(11)17-5-4-12(15)16-14(17)19/h4-5,8,10,13,18H,6-7,9H2,1-3H3,(H2,15,16,19)/t10-,13?/m0/s1. The molecule has 8 heteroatoms. The average Bonchev–Trinajstić information content (AvgIpc) is 2.80. The van der Waals surface area contributed by atoms with E-state index in [0.717, 1.165) is 10.7 Å². The topological polar surface area (TPSA) is 90.4 Å². The highest BCUT2D eigenvalue weighted by molar-refractivity contribution is 8.03. The SMILES string of the molecule is C[Si](C)(C)CCSC1=C[C@@H](CO)OC1n1ccc(N)nc1=O. The Morgan fingerprint density at radius 3 is 2.82 bits per heavy atom. The zero-order valence-corrected chi connectivity index (χ0v) is 15.0. The van der Waals surface area contributed by atoms with E-state index in [-0.39, 0.29) is 18.5 Å². The number of nitrogens with two attached hydrogens (primary N) is 1. The number of ether oxygens (including phenoxy) is 1. The normalized spacial score (nSPS) is 21.9. The van der Waals surface area contributed by atoms with Crippen LogP contribution in [0.1, 0.15) is 6.23 Å². The third-order valence-electron chi connectivity index (χ3n) is 3.30. The van der Waals surface area contributed by atoms with Crippen molar-refractivity contribution in [3.63, 3.8) is 0 Å². The molecule has 0 amide bonds. The van der Waals surface area contributed by atoms with Crippen molar-refractivity contribution in [2.45, 2.75) is 38.0 Å². The van der Waals surface area contributed by atoms with E-state index in [1.807, 2.05) is 6.08 Å². The van der Waals surface area contributed by atoms with Crippen molar-refractivity contribution in [1.29, 1.82) is 0 Å². The Morgan fingerprint density at radius 2 is 2.23 bits per heavy atom. The Balaban J connectivity index is 2.15. The lowest BCUT2D eigenvalue weighted by atomic mass is 10.4. The lowest BCUT2D eigenvalue weighted by molar-refractivity contribution is -0.0115. The van der Waals surface area contributed by atoms with Crippen LogP contribution in [0.3, 0.4) is 0 Å². The van der Waals surface area contributed by atoms with E-state index in [4.69, 9.17) is 10.5 Å². The maximum absolute atomic E-state index is 12.0. The summed E-state index contributed by atoms with van der Waals surface area (Å²) in [6.45, 7) is 6.88. The summed E-state index contributed by atoms with van der Waals surface area (Å²) in [6, 6.07) is 2.75. The number of aliphatic hydroxyl groups excluding tert-OH is 1. The van der Waals surface area contributed by atoms with E-state index in [1.54, 1.807) is 24.0 Å². The van der Waals surface area contributed by atoms with Crippen LogP contribution in [0.25, 0.3) is 0 Å². The molecular formula is C14H23N3O3SSi. The van der Waals surface area contributed by atoms with Crippen molar-refractivity contribution in [3.8, 4) is 0 Å². The Hall–Kier alpha value is -1.09. The first-order valence-electron chi connectivity index (χ1n) is 7.25. The van der Waals surface area contributed by atoms with E-state index in [1.165, 1.54) is 10.6 Å². The van der Waals surface area contributed by atoms with Crippen LogP contribution >= 0.6 is 11.8 Å². The number of nitrogens with zero attached hydrogens (tertiary/aromatic N) is 2. The molecule has 1 unspecified atom stereocenters. The van der Waals surface area contributed by atoms with Gasteiger partial charge in [0.05, 0.1) is 6.61 Å². The second-order valence-electron chi connectivity index (χ2n) is 6.48. The van der Waals surface area contributed by atoms with Crippen LogP contribution in [0.15, 0.2) is 28.0 Å². The van der Waals surface area contributed by atoms with Gasteiger partial charge in [0, 0.05) is 19.2 Å². The second-order valence-corrected chi connectivity index (χ2v) is 13.3. The minimum atomic E-state index is -1.11. The molecule has 0 saturated carbocycles. The highest BCUT2D eigenvalue weighted by Gasteiger charge is 2.29. The van der Waals surface area contributed by atoms with Gasteiger partial charge in [-0.1, -0.05) is 19.6 Å². The second kappa shape index (κ2) is 6.99. The molecule has 22 heavy (non-hydrogen) atoms. The quantitative estimate of drug-likeness (QED) is 0.765. The lowest BCUT2D eigenvalue weighted by Gasteiger charge is -2.19. The van der Waals surface area contributed by atoms with Crippen molar-refractivity contribution in [1.82, 2.24) is 9.55 Å². The predicted octanol–water partition coefficient (Wildman–Crippen LogP) is 1.67. The first-order chi connectivity index (χ1) is 10.3. The van der Waals surface area contributed by atoms with E-state index in [9.17, 15) is 9.90 Å². The van der Waals surface area contributed by atoms with Crippen molar-refractivity contribution in [2.75, 3.05) is 18.1 Å². The molecule has 0 aromatic carbocycles. The van der Waals surface area contributed by atoms with Gasteiger partial charge in [0.1, 0.15) is 11.9 Å². The number of hydrogen-bond acceptors (Lipinski definition) is 6. The molecule has 2 atom stereocenters.